The molecule has 0 heterocycles. The third kappa shape index (κ3) is 3.04. The van der Waals surface area contributed by atoms with E-state index in [1.54, 1.807) is 18.2 Å². The lowest BCUT2D eigenvalue weighted by Crippen LogP contribution is -2.09. The highest BCUT2D eigenvalue weighted by Crippen LogP contribution is 2.20. The van der Waals surface area contributed by atoms with E-state index in [1.807, 2.05) is 31.2 Å². The number of carboxylic acid groups (broad SMARTS) is 1. The fourth-order valence-corrected chi connectivity index (χ4v) is 1.80. The van der Waals surface area contributed by atoms with E-state index in [9.17, 15) is 4.79 Å². The van der Waals surface area contributed by atoms with Crippen LogP contribution < -0.4 is 10.5 Å². The summed E-state index contributed by atoms with van der Waals surface area (Å²) in [5.74, 6) is -0.343. The Morgan fingerprint density at radius 2 is 1.89 bits per heavy atom. The number of ether oxygens (including phenoxy) is 1. The molecule has 0 saturated carbocycles. The minimum atomic E-state index is -1.04. The first-order valence-corrected chi connectivity index (χ1v) is 5.88. The number of benzene rings is 2. The lowest BCUT2D eigenvalue weighted by Gasteiger charge is -2.10. The first-order chi connectivity index (χ1) is 9.08. The number of nitrogens with two attached hydrogens (primary N) is 1. The summed E-state index contributed by atoms with van der Waals surface area (Å²) < 4.78 is 5.57. The average Bonchev–Trinajstić information content (AvgIpc) is 2.37. The van der Waals surface area contributed by atoms with Crippen LogP contribution in [0.15, 0.2) is 42.5 Å². The molecule has 0 aliphatic rings. The van der Waals surface area contributed by atoms with Gasteiger partial charge in [0.1, 0.15) is 12.4 Å². The molecule has 0 atom stereocenters. The van der Waals surface area contributed by atoms with Crippen molar-refractivity contribution in [1.29, 1.82) is 0 Å². The second-order valence-corrected chi connectivity index (χ2v) is 4.29. The number of nitrogen functional groups attached to an aromatic ring is 1. The van der Waals surface area contributed by atoms with Crippen LogP contribution in [0.4, 0.5) is 5.69 Å². The summed E-state index contributed by atoms with van der Waals surface area (Å²) in [5, 5.41) is 9.14. The molecule has 0 radical (unpaired) electrons. The van der Waals surface area contributed by atoms with E-state index < -0.39 is 5.97 Å². The molecule has 0 fully saturated rings. The van der Waals surface area contributed by atoms with Gasteiger partial charge >= 0.3 is 5.97 Å². The Morgan fingerprint density at radius 3 is 2.53 bits per heavy atom. The molecule has 2 aromatic rings. The van der Waals surface area contributed by atoms with Crippen LogP contribution in [-0.2, 0) is 6.61 Å². The molecule has 0 saturated heterocycles. The monoisotopic (exact) mass is 257 g/mol. The Hall–Kier alpha value is -2.49. The van der Waals surface area contributed by atoms with E-state index >= 15 is 0 Å². The molecule has 0 amide bonds. The maximum Gasteiger partial charge on any atom is 0.338 e. The van der Waals surface area contributed by atoms with Gasteiger partial charge in [-0.3, -0.25) is 0 Å². The maximum atomic E-state index is 11.2. The van der Waals surface area contributed by atoms with Gasteiger partial charge in [-0.1, -0.05) is 29.8 Å². The van der Waals surface area contributed by atoms with Crippen molar-refractivity contribution in [3.8, 4) is 5.75 Å². The molecule has 0 aliphatic heterocycles. The van der Waals surface area contributed by atoms with Gasteiger partial charge in [-0.15, -0.1) is 0 Å². The Kier molecular flexibility index (Phi) is 3.71. The van der Waals surface area contributed by atoms with Crippen molar-refractivity contribution in [2.24, 2.45) is 0 Å². The Morgan fingerprint density at radius 1 is 1.21 bits per heavy atom. The number of hydrogen-bond donors (Lipinski definition) is 2. The van der Waals surface area contributed by atoms with Gasteiger partial charge in [-0.2, -0.15) is 0 Å². The van der Waals surface area contributed by atoms with Crippen LogP contribution in [0.25, 0.3) is 0 Å². The molecule has 98 valence electrons. The fraction of sp³-hybridized carbons (Fsp3) is 0.133. The Bertz CT molecular complexity index is 591. The van der Waals surface area contributed by atoms with Gasteiger partial charge in [0.2, 0.25) is 0 Å². The minimum absolute atomic E-state index is 0.106. The van der Waals surface area contributed by atoms with Crippen LogP contribution in [0.3, 0.4) is 0 Å². The van der Waals surface area contributed by atoms with Crippen LogP contribution in [0.5, 0.6) is 5.75 Å². The molecule has 19 heavy (non-hydrogen) atoms. The van der Waals surface area contributed by atoms with E-state index in [0.717, 1.165) is 5.56 Å². The van der Waals surface area contributed by atoms with E-state index in [4.69, 9.17) is 15.6 Å². The predicted molar refractivity (Wildman–Crippen MR) is 73.3 cm³/mol. The molecule has 4 nitrogen and oxygen atoms in total. The van der Waals surface area contributed by atoms with Gasteiger partial charge in [0, 0.05) is 11.3 Å². The van der Waals surface area contributed by atoms with E-state index in [-0.39, 0.29) is 17.9 Å². The quantitative estimate of drug-likeness (QED) is 0.826. The average molecular weight is 257 g/mol. The smallest absolute Gasteiger partial charge is 0.338 e. The van der Waals surface area contributed by atoms with E-state index in [2.05, 4.69) is 0 Å². The van der Waals surface area contributed by atoms with Crippen molar-refractivity contribution >= 4 is 11.7 Å². The molecule has 2 aromatic carbocycles. The minimum Gasteiger partial charge on any atom is -0.489 e. The molecular weight excluding hydrogens is 242 g/mol. The van der Waals surface area contributed by atoms with Crippen LogP contribution in [0, 0.1) is 6.92 Å². The molecule has 3 N–H and O–H groups in total. The highest BCUT2D eigenvalue weighted by Gasteiger charge is 2.13. The molecular formula is C15H15NO3. The lowest BCUT2D eigenvalue weighted by atomic mass is 10.1. The summed E-state index contributed by atoms with van der Waals surface area (Å²) >= 11 is 0. The second kappa shape index (κ2) is 5.44. The van der Waals surface area contributed by atoms with Crippen molar-refractivity contribution < 1.29 is 14.6 Å². The zero-order valence-corrected chi connectivity index (χ0v) is 10.6. The van der Waals surface area contributed by atoms with Crippen molar-refractivity contribution in [3.63, 3.8) is 0 Å². The molecule has 0 spiro atoms. The number of anilines is 1. The summed E-state index contributed by atoms with van der Waals surface area (Å²) in [6.07, 6.45) is 0. The highest BCUT2D eigenvalue weighted by molar-refractivity contribution is 5.95. The van der Waals surface area contributed by atoms with Crippen molar-refractivity contribution in [1.82, 2.24) is 0 Å². The number of aryl methyl sites for hydroxylation is 1. The topological polar surface area (TPSA) is 72.5 Å². The van der Waals surface area contributed by atoms with E-state index in [0.29, 0.717) is 11.3 Å². The zero-order valence-electron chi connectivity index (χ0n) is 10.6. The third-order valence-corrected chi connectivity index (χ3v) is 2.81. The number of hydrogen-bond acceptors (Lipinski definition) is 3. The number of rotatable bonds is 4. The number of carboxylic acids is 1. The van der Waals surface area contributed by atoms with Gasteiger partial charge in [0.05, 0.1) is 5.56 Å². The Labute approximate surface area is 111 Å². The fourth-order valence-electron chi connectivity index (χ4n) is 1.80. The number of aromatic carboxylic acids is 1. The van der Waals surface area contributed by atoms with Crippen LogP contribution >= 0.6 is 0 Å². The maximum absolute atomic E-state index is 11.2. The normalized spacial score (nSPS) is 10.2. The summed E-state index contributed by atoms with van der Waals surface area (Å²) in [5.41, 5.74) is 7.73. The third-order valence-electron chi connectivity index (χ3n) is 2.81. The molecule has 0 unspecified atom stereocenters. The van der Waals surface area contributed by atoms with Gasteiger partial charge in [0.15, 0.2) is 0 Å². The first-order valence-electron chi connectivity index (χ1n) is 5.88. The molecule has 4 heteroatoms. The van der Waals surface area contributed by atoms with Crippen molar-refractivity contribution in [2.75, 3.05) is 5.73 Å². The summed E-state index contributed by atoms with van der Waals surface area (Å²) in [4.78, 5) is 11.2. The summed E-state index contributed by atoms with van der Waals surface area (Å²) in [6.45, 7) is 2.17. The number of carbonyl (C=O) groups is 1. The van der Waals surface area contributed by atoms with Crippen molar-refractivity contribution in [2.45, 2.75) is 13.5 Å². The SMILES string of the molecule is Cc1ccc(OCc2cccc(N)c2C(=O)O)cc1. The van der Waals surface area contributed by atoms with Crippen molar-refractivity contribution in [3.05, 3.63) is 59.2 Å². The largest absolute Gasteiger partial charge is 0.489 e. The molecule has 0 bridgehead atoms. The van der Waals surface area contributed by atoms with Gasteiger partial charge in [-0.05, 0) is 25.1 Å². The summed E-state index contributed by atoms with van der Waals surface area (Å²) in [6, 6.07) is 12.6. The van der Waals surface area contributed by atoms with Crippen LogP contribution in [0.1, 0.15) is 21.5 Å². The molecule has 0 aromatic heterocycles. The Balaban J connectivity index is 2.18. The highest BCUT2D eigenvalue weighted by atomic mass is 16.5. The second-order valence-electron chi connectivity index (χ2n) is 4.29. The van der Waals surface area contributed by atoms with Gasteiger partial charge in [0.25, 0.3) is 0 Å². The van der Waals surface area contributed by atoms with E-state index in [1.165, 1.54) is 0 Å². The van der Waals surface area contributed by atoms with Crippen LogP contribution in [0.2, 0.25) is 0 Å². The van der Waals surface area contributed by atoms with Crippen LogP contribution in [-0.4, -0.2) is 11.1 Å². The van der Waals surface area contributed by atoms with Gasteiger partial charge in [-0.25, -0.2) is 4.79 Å². The summed E-state index contributed by atoms with van der Waals surface area (Å²) in [7, 11) is 0. The molecule has 2 rings (SSSR count). The zero-order chi connectivity index (χ0) is 13.8. The first kappa shape index (κ1) is 13.0. The standard InChI is InChI=1S/C15H15NO3/c1-10-5-7-12(8-6-10)19-9-11-3-2-4-13(16)14(11)15(17)18/h2-8H,9,16H2,1H3,(H,17,18). The predicted octanol–water partition coefficient (Wildman–Crippen LogP) is 2.85. The van der Waals surface area contributed by atoms with Gasteiger partial charge < -0.3 is 15.6 Å². The molecule has 0 aliphatic carbocycles. The lowest BCUT2D eigenvalue weighted by molar-refractivity contribution is 0.0695.